The van der Waals surface area contributed by atoms with Crippen LogP contribution in [0, 0.1) is 13.8 Å². The third-order valence-corrected chi connectivity index (χ3v) is 5.79. The molecule has 0 radical (unpaired) electrons. The van der Waals surface area contributed by atoms with Crippen LogP contribution in [0.1, 0.15) is 21.5 Å². The van der Waals surface area contributed by atoms with E-state index >= 15 is 0 Å². The monoisotopic (exact) mass is 362 g/mol. The van der Waals surface area contributed by atoms with Gasteiger partial charge in [-0.25, -0.2) is 12.7 Å². The molecule has 2 aromatic rings. The van der Waals surface area contributed by atoms with E-state index < -0.39 is 10.0 Å². The van der Waals surface area contributed by atoms with Crippen molar-refractivity contribution in [3.8, 4) is 5.75 Å². The molecule has 0 fully saturated rings. The van der Waals surface area contributed by atoms with Crippen molar-refractivity contribution in [2.24, 2.45) is 0 Å². The van der Waals surface area contributed by atoms with Gasteiger partial charge >= 0.3 is 0 Å². The van der Waals surface area contributed by atoms with E-state index in [1.54, 1.807) is 30.3 Å². The van der Waals surface area contributed by atoms with Crippen molar-refractivity contribution in [2.45, 2.75) is 18.7 Å². The number of methoxy groups -OCH3 is 1. The van der Waals surface area contributed by atoms with Crippen molar-refractivity contribution in [1.29, 1.82) is 0 Å². The SMILES string of the molecule is COc1cccc(C(=O)Nc2cc(S(=O)(=O)N(C)C)cc(C)c2C)c1. The summed E-state index contributed by atoms with van der Waals surface area (Å²) in [6.45, 7) is 3.65. The Bertz CT molecular complexity index is 905. The largest absolute Gasteiger partial charge is 0.497 e. The van der Waals surface area contributed by atoms with Crippen LogP contribution in [0.15, 0.2) is 41.3 Å². The van der Waals surface area contributed by atoms with E-state index in [0.717, 1.165) is 15.4 Å². The lowest BCUT2D eigenvalue weighted by Gasteiger charge is -2.16. The van der Waals surface area contributed by atoms with E-state index in [1.165, 1.54) is 27.3 Å². The van der Waals surface area contributed by atoms with E-state index in [4.69, 9.17) is 4.74 Å². The number of carbonyl (C=O) groups excluding carboxylic acids is 1. The van der Waals surface area contributed by atoms with E-state index in [-0.39, 0.29) is 10.8 Å². The third kappa shape index (κ3) is 4.00. The number of nitrogens with one attached hydrogen (secondary N) is 1. The minimum atomic E-state index is -3.59. The second-order valence-corrected chi connectivity index (χ2v) is 8.04. The average molecular weight is 362 g/mol. The second-order valence-electron chi connectivity index (χ2n) is 5.89. The van der Waals surface area contributed by atoms with E-state index in [0.29, 0.717) is 17.0 Å². The van der Waals surface area contributed by atoms with Crippen LogP contribution in [-0.4, -0.2) is 39.8 Å². The second kappa shape index (κ2) is 7.25. The van der Waals surface area contributed by atoms with Crippen LogP contribution in [0.4, 0.5) is 5.69 Å². The lowest BCUT2D eigenvalue weighted by Crippen LogP contribution is -2.23. The Labute approximate surface area is 148 Å². The van der Waals surface area contributed by atoms with E-state index in [9.17, 15) is 13.2 Å². The minimum Gasteiger partial charge on any atom is -0.497 e. The summed E-state index contributed by atoms with van der Waals surface area (Å²) in [4.78, 5) is 12.7. The number of hydrogen-bond donors (Lipinski definition) is 1. The molecular formula is C18H22N2O4S. The average Bonchev–Trinajstić information content (AvgIpc) is 2.58. The quantitative estimate of drug-likeness (QED) is 0.887. The molecule has 0 spiro atoms. The van der Waals surface area contributed by atoms with Gasteiger partial charge in [0.25, 0.3) is 5.91 Å². The number of benzene rings is 2. The molecule has 0 aromatic heterocycles. The van der Waals surface area contributed by atoms with E-state index in [1.807, 2.05) is 13.8 Å². The summed E-state index contributed by atoms with van der Waals surface area (Å²) in [5, 5.41) is 2.79. The molecule has 6 nitrogen and oxygen atoms in total. The Morgan fingerprint density at radius 1 is 1.12 bits per heavy atom. The maximum absolute atomic E-state index is 12.5. The molecular weight excluding hydrogens is 340 g/mol. The Hall–Kier alpha value is -2.38. The molecule has 0 heterocycles. The zero-order valence-corrected chi connectivity index (χ0v) is 15.8. The fourth-order valence-electron chi connectivity index (χ4n) is 2.27. The highest BCUT2D eigenvalue weighted by Gasteiger charge is 2.20. The van der Waals surface area contributed by atoms with Crippen LogP contribution in [0.2, 0.25) is 0 Å². The summed E-state index contributed by atoms with van der Waals surface area (Å²) in [5.74, 6) is 0.241. The number of rotatable bonds is 5. The van der Waals surface area contributed by atoms with E-state index in [2.05, 4.69) is 5.32 Å². The number of aryl methyl sites for hydroxylation is 1. The van der Waals surface area contributed by atoms with Gasteiger partial charge in [-0.15, -0.1) is 0 Å². The van der Waals surface area contributed by atoms with Crippen LogP contribution >= 0.6 is 0 Å². The lowest BCUT2D eigenvalue weighted by atomic mass is 10.1. The van der Waals surface area contributed by atoms with Gasteiger partial charge in [0, 0.05) is 25.3 Å². The number of sulfonamides is 1. The van der Waals surface area contributed by atoms with Gasteiger partial charge in [0.1, 0.15) is 5.75 Å². The number of ether oxygens (including phenoxy) is 1. The molecule has 0 saturated heterocycles. The van der Waals surface area contributed by atoms with Crippen LogP contribution in [-0.2, 0) is 10.0 Å². The van der Waals surface area contributed by atoms with Crippen LogP contribution < -0.4 is 10.1 Å². The first-order chi connectivity index (χ1) is 11.7. The Kier molecular flexibility index (Phi) is 5.49. The summed E-state index contributed by atoms with van der Waals surface area (Å²) >= 11 is 0. The summed E-state index contributed by atoms with van der Waals surface area (Å²) in [6.07, 6.45) is 0. The molecule has 2 aromatic carbocycles. The van der Waals surface area contributed by atoms with Crippen molar-refractivity contribution < 1.29 is 17.9 Å². The topological polar surface area (TPSA) is 75.7 Å². The van der Waals surface area contributed by atoms with Gasteiger partial charge in [-0.05, 0) is 55.3 Å². The zero-order chi connectivity index (χ0) is 18.8. The first kappa shape index (κ1) is 19.0. The molecule has 2 rings (SSSR count). The number of anilines is 1. The van der Waals surface area contributed by atoms with Gasteiger partial charge in [0.05, 0.1) is 12.0 Å². The number of hydrogen-bond acceptors (Lipinski definition) is 4. The Morgan fingerprint density at radius 2 is 1.80 bits per heavy atom. The molecule has 1 N–H and O–H groups in total. The maximum atomic E-state index is 12.5. The van der Waals surface area contributed by atoms with Gasteiger partial charge in [-0.3, -0.25) is 4.79 Å². The van der Waals surface area contributed by atoms with Crippen LogP contribution in [0.5, 0.6) is 5.75 Å². The molecule has 7 heteroatoms. The smallest absolute Gasteiger partial charge is 0.255 e. The fraction of sp³-hybridized carbons (Fsp3) is 0.278. The molecule has 0 aliphatic carbocycles. The maximum Gasteiger partial charge on any atom is 0.255 e. The highest BCUT2D eigenvalue weighted by molar-refractivity contribution is 7.89. The Balaban J connectivity index is 2.42. The molecule has 25 heavy (non-hydrogen) atoms. The predicted molar refractivity (Wildman–Crippen MR) is 97.7 cm³/mol. The standard InChI is InChI=1S/C18H22N2O4S/c1-12-9-16(25(22,23)20(3)4)11-17(13(12)2)19-18(21)14-7-6-8-15(10-14)24-5/h6-11H,1-5H3,(H,19,21). The molecule has 0 aliphatic rings. The van der Waals surface area contributed by atoms with Gasteiger partial charge in [-0.1, -0.05) is 6.07 Å². The van der Waals surface area contributed by atoms with Crippen molar-refractivity contribution in [2.75, 3.05) is 26.5 Å². The molecule has 0 aliphatic heterocycles. The van der Waals surface area contributed by atoms with Crippen LogP contribution in [0.25, 0.3) is 0 Å². The van der Waals surface area contributed by atoms with Crippen molar-refractivity contribution in [3.05, 3.63) is 53.1 Å². The van der Waals surface area contributed by atoms with Crippen molar-refractivity contribution >= 4 is 21.6 Å². The Morgan fingerprint density at radius 3 is 2.40 bits per heavy atom. The summed E-state index contributed by atoms with van der Waals surface area (Å²) < 4.78 is 31.0. The van der Waals surface area contributed by atoms with Crippen molar-refractivity contribution in [3.63, 3.8) is 0 Å². The summed E-state index contributed by atoms with van der Waals surface area (Å²) in [6, 6.07) is 9.84. The molecule has 0 atom stereocenters. The number of amides is 1. The van der Waals surface area contributed by atoms with Gasteiger partial charge < -0.3 is 10.1 Å². The highest BCUT2D eigenvalue weighted by atomic mass is 32.2. The number of carbonyl (C=O) groups is 1. The lowest BCUT2D eigenvalue weighted by molar-refractivity contribution is 0.102. The fourth-order valence-corrected chi connectivity index (χ4v) is 3.29. The predicted octanol–water partition coefficient (Wildman–Crippen LogP) is 2.81. The summed E-state index contributed by atoms with van der Waals surface area (Å²) in [5.41, 5.74) is 2.49. The van der Waals surface area contributed by atoms with Gasteiger partial charge in [0.15, 0.2) is 0 Å². The first-order valence-electron chi connectivity index (χ1n) is 7.66. The minimum absolute atomic E-state index is 0.140. The van der Waals surface area contributed by atoms with Gasteiger partial charge in [0.2, 0.25) is 10.0 Å². The normalized spacial score (nSPS) is 11.4. The molecule has 134 valence electrons. The van der Waals surface area contributed by atoms with Gasteiger partial charge in [-0.2, -0.15) is 0 Å². The van der Waals surface area contributed by atoms with Crippen LogP contribution in [0.3, 0.4) is 0 Å². The highest BCUT2D eigenvalue weighted by Crippen LogP contribution is 2.26. The third-order valence-electron chi connectivity index (χ3n) is 4.00. The first-order valence-corrected chi connectivity index (χ1v) is 9.10. The molecule has 0 unspecified atom stereocenters. The number of nitrogens with zero attached hydrogens (tertiary/aromatic N) is 1. The molecule has 0 saturated carbocycles. The molecule has 1 amide bonds. The van der Waals surface area contributed by atoms with Crippen molar-refractivity contribution in [1.82, 2.24) is 4.31 Å². The zero-order valence-electron chi connectivity index (χ0n) is 15.0. The molecule has 0 bridgehead atoms. The summed E-state index contributed by atoms with van der Waals surface area (Å²) in [7, 11) is 0.883.